The van der Waals surface area contributed by atoms with E-state index in [9.17, 15) is 4.39 Å². The fourth-order valence-electron chi connectivity index (χ4n) is 2.33. The molecule has 1 heterocycles. The Hall–Kier alpha value is -1.49. The Balaban J connectivity index is 2.06. The van der Waals surface area contributed by atoms with E-state index in [4.69, 9.17) is 17.3 Å². The lowest BCUT2D eigenvalue weighted by Gasteiger charge is -2.27. The van der Waals surface area contributed by atoms with Crippen molar-refractivity contribution in [3.63, 3.8) is 0 Å². The fraction of sp³-hybridized carbons (Fsp3) is 0.312. The molecule has 0 aliphatic carbocycles. The van der Waals surface area contributed by atoms with Crippen LogP contribution in [0.3, 0.4) is 0 Å². The number of halogens is 2. The topological polar surface area (TPSA) is 42.2 Å². The zero-order chi connectivity index (χ0) is 15.2. The van der Waals surface area contributed by atoms with Crippen molar-refractivity contribution < 1.29 is 4.39 Å². The van der Waals surface area contributed by atoms with E-state index in [1.54, 1.807) is 12.3 Å². The van der Waals surface area contributed by atoms with Gasteiger partial charge in [0.1, 0.15) is 5.82 Å². The number of likely N-dealkylation sites (N-methyl/N-ethyl adjacent to an activating group) is 1. The summed E-state index contributed by atoms with van der Waals surface area (Å²) in [5.41, 5.74) is 7.67. The molecule has 0 spiro atoms. The first kappa shape index (κ1) is 15.9. The van der Waals surface area contributed by atoms with Crippen LogP contribution in [-0.2, 0) is 6.42 Å². The van der Waals surface area contributed by atoms with Crippen molar-refractivity contribution in [2.24, 2.45) is 5.73 Å². The first-order valence-electron chi connectivity index (χ1n) is 6.86. The molecule has 5 heteroatoms. The van der Waals surface area contributed by atoms with Crippen molar-refractivity contribution in [3.05, 3.63) is 64.7 Å². The summed E-state index contributed by atoms with van der Waals surface area (Å²) in [4.78, 5) is 6.39. The lowest BCUT2D eigenvalue weighted by molar-refractivity contribution is 0.252. The van der Waals surface area contributed by atoms with Crippen LogP contribution in [0, 0.1) is 5.82 Å². The number of hydrogen-bond acceptors (Lipinski definition) is 3. The van der Waals surface area contributed by atoms with Gasteiger partial charge in [0.05, 0.1) is 0 Å². The van der Waals surface area contributed by atoms with E-state index >= 15 is 0 Å². The van der Waals surface area contributed by atoms with Gasteiger partial charge in [0.15, 0.2) is 0 Å². The lowest BCUT2D eigenvalue weighted by Crippen LogP contribution is -2.32. The summed E-state index contributed by atoms with van der Waals surface area (Å²) in [5, 5.41) is 0.390. The number of aromatic nitrogens is 1. The third-order valence-corrected chi connectivity index (χ3v) is 3.69. The van der Waals surface area contributed by atoms with Crippen LogP contribution >= 0.6 is 11.6 Å². The second kappa shape index (κ2) is 7.50. The van der Waals surface area contributed by atoms with Crippen LogP contribution < -0.4 is 5.73 Å². The van der Waals surface area contributed by atoms with Gasteiger partial charge in [0.25, 0.3) is 0 Å². The summed E-state index contributed by atoms with van der Waals surface area (Å²) < 4.78 is 13.5. The Morgan fingerprint density at radius 2 is 2.14 bits per heavy atom. The Morgan fingerprint density at radius 1 is 1.33 bits per heavy atom. The molecule has 21 heavy (non-hydrogen) atoms. The number of pyridine rings is 1. The first-order chi connectivity index (χ1) is 10.1. The van der Waals surface area contributed by atoms with Crippen LogP contribution in [0.4, 0.5) is 4.39 Å². The third-order valence-electron chi connectivity index (χ3n) is 3.47. The molecule has 0 aliphatic rings. The van der Waals surface area contributed by atoms with Gasteiger partial charge in [0.2, 0.25) is 0 Å². The first-order valence-corrected chi connectivity index (χ1v) is 7.24. The quantitative estimate of drug-likeness (QED) is 0.892. The Morgan fingerprint density at radius 3 is 2.76 bits per heavy atom. The van der Waals surface area contributed by atoms with E-state index in [0.29, 0.717) is 11.6 Å². The molecule has 112 valence electrons. The second-order valence-corrected chi connectivity index (χ2v) is 5.44. The van der Waals surface area contributed by atoms with Crippen molar-refractivity contribution in [2.45, 2.75) is 12.5 Å². The smallest absolute Gasteiger partial charge is 0.125 e. The molecule has 0 aliphatic heterocycles. The van der Waals surface area contributed by atoms with Gasteiger partial charge in [-0.3, -0.25) is 9.88 Å². The summed E-state index contributed by atoms with van der Waals surface area (Å²) in [6.45, 7) is 1.19. The predicted molar refractivity (Wildman–Crippen MR) is 83.8 cm³/mol. The van der Waals surface area contributed by atoms with Gasteiger partial charge < -0.3 is 5.73 Å². The van der Waals surface area contributed by atoms with Gasteiger partial charge in [-0.25, -0.2) is 4.39 Å². The summed E-state index contributed by atoms with van der Waals surface area (Å²) in [5.74, 6) is -0.339. The van der Waals surface area contributed by atoms with Gasteiger partial charge in [-0.15, -0.1) is 0 Å². The van der Waals surface area contributed by atoms with E-state index < -0.39 is 0 Å². The van der Waals surface area contributed by atoms with Crippen LogP contribution in [0.5, 0.6) is 0 Å². The van der Waals surface area contributed by atoms with Crippen LogP contribution in [0.1, 0.15) is 17.3 Å². The Bertz CT molecular complexity index is 557. The van der Waals surface area contributed by atoms with E-state index in [-0.39, 0.29) is 11.9 Å². The molecular weight excluding hydrogens is 289 g/mol. The van der Waals surface area contributed by atoms with Gasteiger partial charge in [-0.05, 0) is 42.9 Å². The van der Waals surface area contributed by atoms with Gasteiger partial charge >= 0.3 is 0 Å². The number of rotatable bonds is 6. The minimum Gasteiger partial charge on any atom is -0.329 e. The van der Waals surface area contributed by atoms with E-state index in [0.717, 1.165) is 24.2 Å². The zero-order valence-corrected chi connectivity index (χ0v) is 12.7. The molecule has 0 saturated carbocycles. The molecule has 3 nitrogen and oxygen atoms in total. The molecule has 0 radical (unpaired) electrons. The monoisotopic (exact) mass is 307 g/mol. The molecule has 1 unspecified atom stereocenters. The molecule has 1 aromatic carbocycles. The van der Waals surface area contributed by atoms with Gasteiger partial charge in [-0.1, -0.05) is 17.7 Å². The molecule has 2 aromatic rings. The SMILES string of the molecule is CN(CCc1ccccn1)C(CN)c1cc(F)cc(Cl)c1. The van der Waals surface area contributed by atoms with Crippen molar-refractivity contribution in [2.75, 3.05) is 20.1 Å². The van der Waals surface area contributed by atoms with Gasteiger partial charge in [0, 0.05) is 42.5 Å². The Kier molecular flexibility index (Phi) is 5.67. The third kappa shape index (κ3) is 4.49. The van der Waals surface area contributed by atoms with Gasteiger partial charge in [-0.2, -0.15) is 0 Å². The fourth-order valence-corrected chi connectivity index (χ4v) is 2.56. The van der Waals surface area contributed by atoms with Crippen LogP contribution in [0.2, 0.25) is 5.02 Å². The van der Waals surface area contributed by atoms with Crippen LogP contribution in [-0.4, -0.2) is 30.0 Å². The molecule has 2 rings (SSSR count). The molecule has 1 aromatic heterocycles. The van der Waals surface area contributed by atoms with Crippen molar-refractivity contribution in [1.82, 2.24) is 9.88 Å². The molecule has 2 N–H and O–H groups in total. The Labute approximate surface area is 129 Å². The number of hydrogen-bond donors (Lipinski definition) is 1. The van der Waals surface area contributed by atoms with E-state index in [1.165, 1.54) is 12.1 Å². The maximum atomic E-state index is 13.5. The average molecular weight is 308 g/mol. The van der Waals surface area contributed by atoms with Crippen molar-refractivity contribution in [1.29, 1.82) is 0 Å². The molecule has 1 atom stereocenters. The minimum atomic E-state index is -0.339. The molecule has 0 fully saturated rings. The highest BCUT2D eigenvalue weighted by Crippen LogP contribution is 2.23. The number of benzene rings is 1. The highest BCUT2D eigenvalue weighted by Gasteiger charge is 2.16. The summed E-state index contributed by atoms with van der Waals surface area (Å²) >= 11 is 5.92. The maximum Gasteiger partial charge on any atom is 0.125 e. The highest BCUT2D eigenvalue weighted by atomic mass is 35.5. The molecular formula is C16H19ClFN3. The van der Waals surface area contributed by atoms with E-state index in [2.05, 4.69) is 9.88 Å². The summed E-state index contributed by atoms with van der Waals surface area (Å²) in [7, 11) is 1.97. The normalized spacial score (nSPS) is 12.6. The molecule has 0 saturated heterocycles. The summed E-state index contributed by atoms with van der Waals surface area (Å²) in [6.07, 6.45) is 2.60. The minimum absolute atomic E-state index is 0.0677. The van der Waals surface area contributed by atoms with Crippen LogP contribution in [0.25, 0.3) is 0 Å². The standard InChI is InChI=1S/C16H19ClFN3/c1-21(7-5-15-4-2-3-6-20-15)16(11-19)12-8-13(17)10-14(18)9-12/h2-4,6,8-10,16H,5,7,11,19H2,1H3. The molecule has 0 bridgehead atoms. The van der Waals surface area contributed by atoms with Crippen molar-refractivity contribution in [3.8, 4) is 0 Å². The average Bonchev–Trinajstić information content (AvgIpc) is 2.46. The highest BCUT2D eigenvalue weighted by molar-refractivity contribution is 6.30. The zero-order valence-electron chi connectivity index (χ0n) is 12.0. The summed E-state index contributed by atoms with van der Waals surface area (Å²) in [6, 6.07) is 10.3. The number of nitrogens with two attached hydrogens (primary N) is 1. The number of nitrogens with zero attached hydrogens (tertiary/aromatic N) is 2. The molecule has 0 amide bonds. The van der Waals surface area contributed by atoms with E-state index in [1.807, 2.05) is 25.2 Å². The second-order valence-electron chi connectivity index (χ2n) is 5.01. The van der Waals surface area contributed by atoms with Crippen LogP contribution in [0.15, 0.2) is 42.6 Å². The predicted octanol–water partition coefficient (Wildman–Crippen LogP) is 3.05. The lowest BCUT2D eigenvalue weighted by atomic mass is 10.1. The largest absolute Gasteiger partial charge is 0.329 e. The van der Waals surface area contributed by atoms with Crippen molar-refractivity contribution >= 4 is 11.6 Å². The maximum absolute atomic E-state index is 13.5.